The van der Waals surface area contributed by atoms with Crippen LogP contribution in [0.1, 0.15) is 20.8 Å². The Hall–Kier alpha value is -2.13. The molecule has 0 aliphatic rings. The van der Waals surface area contributed by atoms with Gasteiger partial charge >= 0.3 is 6.09 Å². The molecular formula is C16H25N3O5S. The van der Waals surface area contributed by atoms with Crippen molar-refractivity contribution in [3.8, 4) is 0 Å². The van der Waals surface area contributed by atoms with Crippen LogP contribution >= 0.6 is 0 Å². The van der Waals surface area contributed by atoms with Gasteiger partial charge in [0, 0.05) is 19.8 Å². The standard InChI is InChI=1S/C16H25N3O5S/c1-6-24-16(21)18-14(11(2)3)15(20)17-12-8-7-9-13(10-12)25(22,23)19(4)5/h7-11,14H,6H2,1-5H3,(H,17,20)(H,18,21). The van der Waals surface area contributed by atoms with E-state index in [2.05, 4.69) is 10.6 Å². The number of rotatable bonds is 7. The molecular weight excluding hydrogens is 346 g/mol. The molecule has 0 heterocycles. The smallest absolute Gasteiger partial charge is 0.407 e. The number of anilines is 1. The van der Waals surface area contributed by atoms with Gasteiger partial charge in [0.1, 0.15) is 6.04 Å². The van der Waals surface area contributed by atoms with E-state index < -0.39 is 28.1 Å². The molecule has 1 atom stereocenters. The lowest BCUT2D eigenvalue weighted by molar-refractivity contribution is -0.119. The van der Waals surface area contributed by atoms with Gasteiger partial charge in [0.25, 0.3) is 0 Å². The molecule has 1 rings (SSSR count). The molecule has 8 nitrogen and oxygen atoms in total. The van der Waals surface area contributed by atoms with E-state index in [9.17, 15) is 18.0 Å². The van der Waals surface area contributed by atoms with Crippen LogP contribution in [0, 0.1) is 5.92 Å². The molecule has 0 spiro atoms. The second-order valence-electron chi connectivity index (χ2n) is 5.89. The summed E-state index contributed by atoms with van der Waals surface area (Å²) in [4.78, 5) is 24.1. The number of carbonyl (C=O) groups excluding carboxylic acids is 2. The lowest BCUT2D eigenvalue weighted by Gasteiger charge is -2.21. The third-order valence-corrected chi connectivity index (χ3v) is 5.19. The van der Waals surface area contributed by atoms with Gasteiger partial charge in [-0.3, -0.25) is 4.79 Å². The molecule has 140 valence electrons. The normalized spacial score (nSPS) is 12.8. The van der Waals surface area contributed by atoms with Gasteiger partial charge < -0.3 is 15.4 Å². The Morgan fingerprint density at radius 2 is 1.88 bits per heavy atom. The number of sulfonamides is 1. The first kappa shape index (κ1) is 20.9. The SMILES string of the molecule is CCOC(=O)NC(C(=O)Nc1cccc(S(=O)(=O)N(C)C)c1)C(C)C. The lowest BCUT2D eigenvalue weighted by atomic mass is 10.0. The van der Waals surface area contributed by atoms with Crippen LogP contribution < -0.4 is 10.6 Å². The summed E-state index contributed by atoms with van der Waals surface area (Å²) in [6, 6.07) is 5.12. The number of ether oxygens (including phenoxy) is 1. The molecule has 0 bridgehead atoms. The number of nitrogens with zero attached hydrogens (tertiary/aromatic N) is 1. The number of alkyl carbamates (subject to hydrolysis) is 1. The second kappa shape index (κ2) is 8.82. The van der Waals surface area contributed by atoms with Crippen LogP contribution in [0.3, 0.4) is 0 Å². The third-order valence-electron chi connectivity index (χ3n) is 3.38. The first-order valence-corrected chi connectivity index (χ1v) is 9.30. The summed E-state index contributed by atoms with van der Waals surface area (Å²) in [6.45, 7) is 5.43. The zero-order valence-electron chi connectivity index (χ0n) is 15.1. The average molecular weight is 371 g/mol. The van der Waals surface area contributed by atoms with Crippen molar-refractivity contribution in [3.05, 3.63) is 24.3 Å². The summed E-state index contributed by atoms with van der Waals surface area (Å²) in [5, 5.41) is 5.13. The molecule has 0 aliphatic heterocycles. The number of carbonyl (C=O) groups is 2. The third kappa shape index (κ3) is 5.71. The largest absolute Gasteiger partial charge is 0.450 e. The second-order valence-corrected chi connectivity index (χ2v) is 8.04. The topological polar surface area (TPSA) is 105 Å². The fourth-order valence-electron chi connectivity index (χ4n) is 2.00. The predicted octanol–water partition coefficient (Wildman–Crippen LogP) is 1.65. The Morgan fingerprint density at radius 1 is 1.24 bits per heavy atom. The number of hydrogen-bond acceptors (Lipinski definition) is 5. The highest BCUT2D eigenvalue weighted by atomic mass is 32.2. The highest BCUT2D eigenvalue weighted by molar-refractivity contribution is 7.89. The maximum Gasteiger partial charge on any atom is 0.407 e. The molecule has 0 fully saturated rings. The molecule has 25 heavy (non-hydrogen) atoms. The summed E-state index contributed by atoms with van der Waals surface area (Å²) >= 11 is 0. The Morgan fingerprint density at radius 3 is 2.40 bits per heavy atom. The van der Waals surface area contributed by atoms with Gasteiger partial charge in [0.05, 0.1) is 11.5 Å². The van der Waals surface area contributed by atoms with E-state index in [1.807, 2.05) is 0 Å². The molecule has 1 unspecified atom stereocenters. The van der Waals surface area contributed by atoms with Gasteiger partial charge in [-0.1, -0.05) is 19.9 Å². The molecule has 2 amide bonds. The highest BCUT2D eigenvalue weighted by Gasteiger charge is 2.25. The van der Waals surface area contributed by atoms with Crippen molar-refractivity contribution in [3.63, 3.8) is 0 Å². The minimum atomic E-state index is -3.61. The van der Waals surface area contributed by atoms with Crippen molar-refractivity contribution in [2.45, 2.75) is 31.7 Å². The maximum atomic E-state index is 12.4. The van der Waals surface area contributed by atoms with E-state index in [4.69, 9.17) is 4.74 Å². The Labute approximate surface area is 148 Å². The van der Waals surface area contributed by atoms with Crippen LogP contribution in [-0.2, 0) is 19.6 Å². The van der Waals surface area contributed by atoms with Crippen LogP contribution in [0.4, 0.5) is 10.5 Å². The fraction of sp³-hybridized carbons (Fsp3) is 0.500. The summed E-state index contributed by atoms with van der Waals surface area (Å²) in [5.74, 6) is -0.638. The van der Waals surface area contributed by atoms with Crippen molar-refractivity contribution < 1.29 is 22.7 Å². The van der Waals surface area contributed by atoms with Crippen molar-refractivity contribution in [1.82, 2.24) is 9.62 Å². The van der Waals surface area contributed by atoms with Crippen LogP contribution in [0.2, 0.25) is 0 Å². The lowest BCUT2D eigenvalue weighted by Crippen LogP contribution is -2.47. The summed E-state index contributed by atoms with van der Waals surface area (Å²) < 4.78 is 30.2. The minimum Gasteiger partial charge on any atom is -0.450 e. The molecule has 9 heteroatoms. The van der Waals surface area contributed by atoms with E-state index in [0.29, 0.717) is 5.69 Å². The molecule has 0 saturated heterocycles. The average Bonchev–Trinajstić information content (AvgIpc) is 2.52. The molecule has 0 aromatic heterocycles. The zero-order valence-corrected chi connectivity index (χ0v) is 15.9. The first-order valence-electron chi connectivity index (χ1n) is 7.86. The quantitative estimate of drug-likeness (QED) is 0.758. The van der Waals surface area contributed by atoms with Gasteiger partial charge in [-0.2, -0.15) is 0 Å². The Bertz CT molecular complexity index is 716. The van der Waals surface area contributed by atoms with Crippen LogP contribution in [0.25, 0.3) is 0 Å². The van der Waals surface area contributed by atoms with E-state index in [-0.39, 0.29) is 17.4 Å². The number of nitrogens with one attached hydrogen (secondary N) is 2. The number of amides is 2. The van der Waals surface area contributed by atoms with Crippen molar-refractivity contribution >= 4 is 27.7 Å². The van der Waals surface area contributed by atoms with E-state index in [1.54, 1.807) is 26.8 Å². The number of hydrogen-bond donors (Lipinski definition) is 2. The van der Waals surface area contributed by atoms with Crippen LogP contribution in [0.5, 0.6) is 0 Å². The van der Waals surface area contributed by atoms with E-state index >= 15 is 0 Å². The van der Waals surface area contributed by atoms with Gasteiger partial charge in [-0.15, -0.1) is 0 Å². The van der Waals surface area contributed by atoms with Crippen molar-refractivity contribution in [2.24, 2.45) is 5.92 Å². The first-order chi connectivity index (χ1) is 11.6. The molecule has 1 aromatic rings. The van der Waals surface area contributed by atoms with Crippen LogP contribution in [0.15, 0.2) is 29.2 Å². The maximum absolute atomic E-state index is 12.4. The number of benzene rings is 1. The monoisotopic (exact) mass is 371 g/mol. The fourth-order valence-corrected chi connectivity index (χ4v) is 2.95. The molecule has 2 N–H and O–H groups in total. The summed E-state index contributed by atoms with van der Waals surface area (Å²) in [6.07, 6.45) is -0.680. The molecule has 0 radical (unpaired) electrons. The van der Waals surface area contributed by atoms with Gasteiger partial charge in [-0.05, 0) is 31.0 Å². The highest BCUT2D eigenvalue weighted by Crippen LogP contribution is 2.18. The van der Waals surface area contributed by atoms with Crippen molar-refractivity contribution in [1.29, 1.82) is 0 Å². The van der Waals surface area contributed by atoms with E-state index in [0.717, 1.165) is 4.31 Å². The molecule has 0 saturated carbocycles. The Kier molecular flexibility index (Phi) is 7.38. The summed E-state index contributed by atoms with van der Waals surface area (Å²) in [5.41, 5.74) is 0.323. The van der Waals surface area contributed by atoms with Gasteiger partial charge in [0.15, 0.2) is 0 Å². The minimum absolute atomic E-state index is 0.0646. The zero-order chi connectivity index (χ0) is 19.2. The molecule has 0 aliphatic carbocycles. The summed E-state index contributed by atoms with van der Waals surface area (Å²) in [7, 11) is -0.747. The predicted molar refractivity (Wildman–Crippen MR) is 94.7 cm³/mol. The van der Waals surface area contributed by atoms with Gasteiger partial charge in [0.2, 0.25) is 15.9 Å². The van der Waals surface area contributed by atoms with Crippen LogP contribution in [-0.4, -0.2) is 51.5 Å². The van der Waals surface area contributed by atoms with E-state index in [1.165, 1.54) is 32.3 Å². The van der Waals surface area contributed by atoms with Gasteiger partial charge in [-0.25, -0.2) is 17.5 Å². The Balaban J connectivity index is 2.96. The molecule has 1 aromatic carbocycles. The van der Waals surface area contributed by atoms with Crippen molar-refractivity contribution in [2.75, 3.05) is 26.0 Å².